The van der Waals surface area contributed by atoms with E-state index >= 15 is 0 Å². The summed E-state index contributed by atoms with van der Waals surface area (Å²) in [5.41, 5.74) is -0.0461. The summed E-state index contributed by atoms with van der Waals surface area (Å²) in [4.78, 5) is 12.5. The number of nitrogens with one attached hydrogen (secondary N) is 1. The van der Waals surface area contributed by atoms with E-state index in [2.05, 4.69) is 10.4 Å². The minimum Gasteiger partial charge on any atom is -0.376 e. The molecule has 0 bridgehead atoms. The highest BCUT2D eigenvalue weighted by atomic mass is 35.5. The number of nitrogens with zero attached hydrogens (tertiary/aromatic N) is 2. The van der Waals surface area contributed by atoms with Gasteiger partial charge in [-0.1, -0.05) is 41.9 Å². The fraction of sp³-hybridized carbons (Fsp3) is 0.158. The van der Waals surface area contributed by atoms with Crippen molar-refractivity contribution in [2.24, 2.45) is 0 Å². The summed E-state index contributed by atoms with van der Waals surface area (Å²) in [5.74, 6) is 0. The van der Waals surface area contributed by atoms with Crippen LogP contribution in [0.25, 0.3) is 5.69 Å². The first-order chi connectivity index (χ1) is 12.8. The fourth-order valence-corrected chi connectivity index (χ4v) is 2.77. The Hall–Kier alpha value is -2.80. The molecule has 0 saturated heterocycles. The molecule has 1 aromatic heterocycles. The second-order valence-corrected chi connectivity index (χ2v) is 6.29. The summed E-state index contributed by atoms with van der Waals surface area (Å²) in [5, 5.41) is 6.95. The first-order valence-electron chi connectivity index (χ1n) is 8.04. The molecule has 1 N–H and O–H groups in total. The molecule has 0 aliphatic rings. The van der Waals surface area contributed by atoms with E-state index in [1.807, 2.05) is 6.07 Å². The molecule has 3 rings (SSSR count). The first kappa shape index (κ1) is 19.0. The molecule has 0 aliphatic heterocycles. The maximum atomic E-state index is 12.9. The molecule has 0 saturated carbocycles. The topological polar surface area (TPSA) is 46.9 Å². The second kappa shape index (κ2) is 7.44. The number of benzene rings is 2. The van der Waals surface area contributed by atoms with Gasteiger partial charge >= 0.3 is 6.18 Å². The largest absolute Gasteiger partial charge is 0.416 e. The summed E-state index contributed by atoms with van der Waals surface area (Å²) >= 11 is 6.17. The van der Waals surface area contributed by atoms with Crippen molar-refractivity contribution < 1.29 is 13.2 Å². The van der Waals surface area contributed by atoms with Crippen molar-refractivity contribution in [3.8, 4) is 5.69 Å². The molecule has 8 heteroatoms. The van der Waals surface area contributed by atoms with E-state index in [-0.39, 0.29) is 10.7 Å². The predicted molar refractivity (Wildman–Crippen MR) is 98.3 cm³/mol. The molecule has 0 radical (unpaired) electrons. The van der Waals surface area contributed by atoms with Gasteiger partial charge < -0.3 is 5.32 Å². The fourth-order valence-electron chi connectivity index (χ4n) is 2.59. The van der Waals surface area contributed by atoms with Crippen LogP contribution in [-0.2, 0) is 6.18 Å². The van der Waals surface area contributed by atoms with Crippen molar-refractivity contribution in [2.45, 2.75) is 19.1 Å². The number of para-hydroxylation sites is 1. The summed E-state index contributed by atoms with van der Waals surface area (Å²) in [6, 6.07) is 13.2. The highest BCUT2D eigenvalue weighted by Crippen LogP contribution is 2.31. The molecular weight excluding hydrogens is 379 g/mol. The van der Waals surface area contributed by atoms with E-state index in [1.54, 1.807) is 37.3 Å². The number of anilines is 1. The van der Waals surface area contributed by atoms with Gasteiger partial charge in [-0.05, 0) is 36.8 Å². The Morgan fingerprint density at radius 3 is 2.48 bits per heavy atom. The van der Waals surface area contributed by atoms with Crippen molar-refractivity contribution in [1.29, 1.82) is 0 Å². The van der Waals surface area contributed by atoms with Crippen molar-refractivity contribution in [3.05, 3.63) is 87.3 Å². The highest BCUT2D eigenvalue weighted by Gasteiger charge is 2.30. The van der Waals surface area contributed by atoms with Gasteiger partial charge in [-0.2, -0.15) is 23.0 Å². The minimum absolute atomic E-state index is 0.0901. The Bertz CT molecular complexity index is 1000. The van der Waals surface area contributed by atoms with E-state index in [0.29, 0.717) is 11.3 Å². The van der Waals surface area contributed by atoms with Gasteiger partial charge in [-0.3, -0.25) is 4.79 Å². The van der Waals surface area contributed by atoms with Gasteiger partial charge in [-0.15, -0.1) is 0 Å². The smallest absolute Gasteiger partial charge is 0.376 e. The van der Waals surface area contributed by atoms with Crippen LogP contribution in [0.5, 0.6) is 0 Å². The van der Waals surface area contributed by atoms with E-state index in [1.165, 1.54) is 12.3 Å². The molecule has 140 valence electrons. The van der Waals surface area contributed by atoms with Crippen LogP contribution in [0.2, 0.25) is 5.02 Å². The Kier molecular flexibility index (Phi) is 5.23. The van der Waals surface area contributed by atoms with E-state index in [0.717, 1.165) is 16.8 Å². The highest BCUT2D eigenvalue weighted by molar-refractivity contribution is 6.33. The maximum absolute atomic E-state index is 12.9. The summed E-state index contributed by atoms with van der Waals surface area (Å²) in [7, 11) is 0. The van der Waals surface area contributed by atoms with Crippen LogP contribution in [0, 0.1) is 0 Å². The van der Waals surface area contributed by atoms with Crippen molar-refractivity contribution in [1.82, 2.24) is 9.78 Å². The Balaban J connectivity index is 1.88. The number of rotatable bonds is 4. The lowest BCUT2D eigenvalue weighted by Crippen LogP contribution is -2.23. The van der Waals surface area contributed by atoms with Crippen molar-refractivity contribution >= 4 is 17.3 Å². The van der Waals surface area contributed by atoms with Crippen LogP contribution >= 0.6 is 11.6 Å². The normalized spacial score (nSPS) is 12.6. The molecule has 0 fully saturated rings. The van der Waals surface area contributed by atoms with Gasteiger partial charge in [0.1, 0.15) is 5.02 Å². The third kappa shape index (κ3) is 4.14. The average molecular weight is 394 g/mol. The monoisotopic (exact) mass is 393 g/mol. The van der Waals surface area contributed by atoms with Crippen molar-refractivity contribution in [2.75, 3.05) is 5.32 Å². The second-order valence-electron chi connectivity index (χ2n) is 5.91. The number of halogens is 4. The van der Waals surface area contributed by atoms with E-state index in [4.69, 9.17) is 11.6 Å². The van der Waals surface area contributed by atoms with Gasteiger partial charge in [0.2, 0.25) is 0 Å². The Labute approximate surface area is 158 Å². The van der Waals surface area contributed by atoms with Crippen LogP contribution in [-0.4, -0.2) is 9.78 Å². The van der Waals surface area contributed by atoms with Gasteiger partial charge in [-0.25, -0.2) is 0 Å². The zero-order valence-electron chi connectivity index (χ0n) is 14.2. The van der Waals surface area contributed by atoms with Crippen LogP contribution in [0.15, 0.2) is 65.6 Å². The Morgan fingerprint density at radius 2 is 1.81 bits per heavy atom. The molecule has 0 amide bonds. The zero-order valence-corrected chi connectivity index (χ0v) is 14.9. The zero-order chi connectivity index (χ0) is 19.6. The minimum atomic E-state index is -4.43. The quantitative estimate of drug-likeness (QED) is 0.672. The van der Waals surface area contributed by atoms with E-state index < -0.39 is 23.3 Å². The number of hydrogen-bond acceptors (Lipinski definition) is 3. The molecule has 4 nitrogen and oxygen atoms in total. The Morgan fingerprint density at radius 1 is 1.11 bits per heavy atom. The number of aromatic nitrogens is 2. The lowest BCUT2D eigenvalue weighted by Gasteiger charge is -2.18. The predicted octanol–water partition coefficient (Wildman–Crippen LogP) is 5.08. The van der Waals surface area contributed by atoms with Crippen molar-refractivity contribution in [3.63, 3.8) is 0 Å². The van der Waals surface area contributed by atoms with Crippen LogP contribution < -0.4 is 10.9 Å². The van der Waals surface area contributed by atoms with Crippen LogP contribution in [0.3, 0.4) is 0 Å². The molecule has 0 spiro atoms. The molecule has 1 heterocycles. The van der Waals surface area contributed by atoms with Gasteiger partial charge in [0.15, 0.2) is 0 Å². The van der Waals surface area contributed by atoms with Gasteiger partial charge in [0, 0.05) is 6.04 Å². The summed E-state index contributed by atoms with van der Waals surface area (Å²) in [6.45, 7) is 1.68. The van der Waals surface area contributed by atoms with Crippen LogP contribution in [0.4, 0.5) is 18.9 Å². The lowest BCUT2D eigenvalue weighted by molar-refractivity contribution is -0.137. The SMILES string of the molecule is CC(Nc1cnn(-c2ccccc2)c(=O)c1Cl)c1cccc(C(F)(F)F)c1. The molecule has 0 aliphatic carbocycles. The third-order valence-electron chi connectivity index (χ3n) is 4.01. The first-order valence-corrected chi connectivity index (χ1v) is 8.42. The maximum Gasteiger partial charge on any atom is 0.416 e. The lowest BCUT2D eigenvalue weighted by atomic mass is 10.0. The molecule has 27 heavy (non-hydrogen) atoms. The summed E-state index contributed by atoms with van der Waals surface area (Å²) in [6.07, 6.45) is -3.05. The van der Waals surface area contributed by atoms with Gasteiger partial charge in [0.05, 0.1) is 23.1 Å². The molecular formula is C19H15ClF3N3O. The molecule has 2 aromatic carbocycles. The summed E-state index contributed by atoms with van der Waals surface area (Å²) < 4.78 is 39.8. The van der Waals surface area contributed by atoms with Crippen LogP contribution in [0.1, 0.15) is 24.1 Å². The standard InChI is InChI=1S/C19H15ClF3N3O/c1-12(13-6-5-7-14(10-13)19(21,22)23)25-16-11-24-26(18(27)17(16)20)15-8-3-2-4-9-15/h2-12,25H,1H3. The average Bonchev–Trinajstić information content (AvgIpc) is 2.65. The molecule has 3 aromatic rings. The number of alkyl halides is 3. The molecule has 1 atom stereocenters. The number of hydrogen-bond donors (Lipinski definition) is 1. The van der Waals surface area contributed by atoms with E-state index in [9.17, 15) is 18.0 Å². The third-order valence-corrected chi connectivity index (χ3v) is 4.37. The van der Waals surface area contributed by atoms with Gasteiger partial charge in [0.25, 0.3) is 5.56 Å². The molecule has 1 unspecified atom stereocenters.